The molecule has 0 amide bonds. The number of halogens is 14. The van der Waals surface area contributed by atoms with Crippen LogP contribution in [0, 0.1) is 0 Å². The average molecular weight is 428 g/mol. The lowest BCUT2D eigenvalue weighted by molar-refractivity contribution is -0.347. The molecule has 0 spiro atoms. The summed E-state index contributed by atoms with van der Waals surface area (Å²) in [6.07, 6.45) is -13.2. The van der Waals surface area contributed by atoms with Crippen LogP contribution in [0.5, 0.6) is 0 Å². The minimum Gasteiger partial charge on any atom is -0.477 e. The van der Waals surface area contributed by atoms with Crippen molar-refractivity contribution in [3.05, 3.63) is 0 Å². The third kappa shape index (κ3) is 4.57. The van der Waals surface area contributed by atoms with Crippen molar-refractivity contribution >= 4 is 11.9 Å². The molecule has 0 aromatic rings. The van der Waals surface area contributed by atoms with Crippen LogP contribution in [0.3, 0.4) is 0 Å². The SMILES string of the molecule is O=C(O)C(F)(F)C(F)(F)C(F)(F)F.O=C(O)C(F)(F)C(F)(F)C(F)(F)F. The maximum atomic E-state index is 11.8. The summed E-state index contributed by atoms with van der Waals surface area (Å²) in [5, 5.41) is 14.8. The van der Waals surface area contributed by atoms with E-state index in [0.29, 0.717) is 0 Å². The fraction of sp³-hybridized carbons (Fsp3) is 0.750. The van der Waals surface area contributed by atoms with E-state index in [0.717, 1.165) is 0 Å². The van der Waals surface area contributed by atoms with Crippen molar-refractivity contribution in [2.75, 3.05) is 0 Å². The van der Waals surface area contributed by atoms with Crippen LogP contribution < -0.4 is 0 Å². The van der Waals surface area contributed by atoms with E-state index in [1.807, 2.05) is 0 Å². The van der Waals surface area contributed by atoms with Crippen molar-refractivity contribution in [2.45, 2.75) is 36.0 Å². The van der Waals surface area contributed by atoms with Crippen molar-refractivity contribution in [2.24, 2.45) is 0 Å². The second-order valence-corrected chi connectivity index (χ2v) is 3.90. The standard InChI is InChI=1S/2C4HF7O2/c2*5-2(6,1(12)13)3(7,8)4(9,10)11/h2*(H,12,13). The molecule has 0 aliphatic carbocycles. The van der Waals surface area contributed by atoms with Crippen LogP contribution in [0.2, 0.25) is 0 Å². The molecular formula is C8H2F14O4. The quantitative estimate of drug-likeness (QED) is 0.669. The highest BCUT2D eigenvalue weighted by atomic mass is 19.4. The Morgan fingerprint density at radius 2 is 0.615 bits per heavy atom. The summed E-state index contributed by atoms with van der Waals surface area (Å²) in [5.41, 5.74) is 0. The number of aliphatic carboxylic acids is 2. The normalized spacial score (nSPS) is 14.4. The van der Waals surface area contributed by atoms with Gasteiger partial charge in [-0.2, -0.15) is 61.5 Å². The topological polar surface area (TPSA) is 74.6 Å². The van der Waals surface area contributed by atoms with Crippen molar-refractivity contribution < 1.29 is 81.3 Å². The zero-order valence-corrected chi connectivity index (χ0v) is 11.0. The highest BCUT2D eigenvalue weighted by molar-refractivity contribution is 5.77. The first-order valence-electron chi connectivity index (χ1n) is 5.00. The highest BCUT2D eigenvalue weighted by Crippen LogP contribution is 2.47. The average Bonchev–Trinajstić information content (AvgIpc) is 2.35. The summed E-state index contributed by atoms with van der Waals surface area (Å²) < 4.78 is 161. The summed E-state index contributed by atoms with van der Waals surface area (Å²) in [6.45, 7) is 0. The monoisotopic (exact) mass is 428 g/mol. The van der Waals surface area contributed by atoms with Gasteiger partial charge in [-0.15, -0.1) is 0 Å². The Labute approximate surface area is 131 Å². The molecule has 18 heteroatoms. The second-order valence-electron chi connectivity index (χ2n) is 3.90. The molecule has 0 saturated carbocycles. The molecule has 0 aliphatic rings. The summed E-state index contributed by atoms with van der Waals surface area (Å²) in [5.74, 6) is -32.5. The molecule has 0 aliphatic heterocycles. The van der Waals surface area contributed by atoms with Crippen LogP contribution in [0.25, 0.3) is 0 Å². The lowest BCUT2D eigenvalue weighted by atomic mass is 10.1. The molecule has 0 rings (SSSR count). The summed E-state index contributed by atoms with van der Waals surface area (Å²) in [4.78, 5) is 18.8. The minimum absolute atomic E-state index is 3.53. The van der Waals surface area contributed by atoms with Gasteiger partial charge in [-0.25, -0.2) is 9.59 Å². The number of rotatable bonds is 4. The number of carboxylic acid groups (broad SMARTS) is 2. The van der Waals surface area contributed by atoms with Gasteiger partial charge >= 0.3 is 48.0 Å². The molecule has 0 atom stereocenters. The van der Waals surface area contributed by atoms with Gasteiger partial charge in [0.05, 0.1) is 0 Å². The van der Waals surface area contributed by atoms with Crippen LogP contribution in [-0.4, -0.2) is 58.2 Å². The molecule has 2 N–H and O–H groups in total. The fourth-order valence-corrected chi connectivity index (χ4v) is 0.625. The minimum atomic E-state index is -6.60. The summed E-state index contributed by atoms with van der Waals surface area (Å²) in [6, 6.07) is 0. The molecule has 0 heterocycles. The van der Waals surface area contributed by atoms with E-state index in [-0.39, 0.29) is 0 Å². The Morgan fingerprint density at radius 1 is 0.462 bits per heavy atom. The van der Waals surface area contributed by atoms with Gasteiger partial charge in [-0.1, -0.05) is 0 Å². The number of hydrogen-bond donors (Lipinski definition) is 2. The van der Waals surface area contributed by atoms with Gasteiger partial charge in [0.15, 0.2) is 0 Å². The van der Waals surface area contributed by atoms with Gasteiger partial charge in [0, 0.05) is 0 Å². The maximum Gasteiger partial charge on any atom is 0.460 e. The van der Waals surface area contributed by atoms with Gasteiger partial charge in [0.1, 0.15) is 0 Å². The lowest BCUT2D eigenvalue weighted by Crippen LogP contribution is -2.56. The molecule has 0 aromatic carbocycles. The Kier molecular flexibility index (Phi) is 6.99. The molecule has 0 fully saturated rings. The third-order valence-corrected chi connectivity index (χ3v) is 2.04. The molecule has 0 bridgehead atoms. The van der Waals surface area contributed by atoms with Gasteiger partial charge < -0.3 is 10.2 Å². The fourth-order valence-electron chi connectivity index (χ4n) is 0.625. The van der Waals surface area contributed by atoms with Gasteiger partial charge in [-0.3, -0.25) is 0 Å². The molecule has 156 valence electrons. The van der Waals surface area contributed by atoms with Crippen molar-refractivity contribution in [3.63, 3.8) is 0 Å². The number of carbonyl (C=O) groups is 2. The molecule has 4 nitrogen and oxygen atoms in total. The maximum absolute atomic E-state index is 11.8. The summed E-state index contributed by atoms with van der Waals surface area (Å²) >= 11 is 0. The lowest BCUT2D eigenvalue weighted by Gasteiger charge is -2.24. The molecule has 0 aromatic heterocycles. The van der Waals surface area contributed by atoms with E-state index in [1.54, 1.807) is 0 Å². The molecule has 0 unspecified atom stereocenters. The van der Waals surface area contributed by atoms with Crippen LogP contribution in [0.15, 0.2) is 0 Å². The Bertz CT molecular complexity index is 482. The van der Waals surface area contributed by atoms with E-state index in [9.17, 15) is 71.1 Å². The van der Waals surface area contributed by atoms with E-state index in [2.05, 4.69) is 0 Å². The van der Waals surface area contributed by atoms with Gasteiger partial charge in [0.25, 0.3) is 0 Å². The Morgan fingerprint density at radius 3 is 0.654 bits per heavy atom. The molecule has 0 radical (unpaired) electrons. The van der Waals surface area contributed by atoms with Gasteiger partial charge in [-0.05, 0) is 0 Å². The third-order valence-electron chi connectivity index (χ3n) is 2.04. The smallest absolute Gasteiger partial charge is 0.460 e. The predicted octanol–water partition coefficient (Wildman–Crippen LogP) is 3.81. The number of alkyl halides is 14. The molecule has 0 saturated heterocycles. The van der Waals surface area contributed by atoms with Crippen molar-refractivity contribution in [1.82, 2.24) is 0 Å². The summed E-state index contributed by atoms with van der Waals surface area (Å²) in [7, 11) is 0. The van der Waals surface area contributed by atoms with Crippen LogP contribution >= 0.6 is 0 Å². The van der Waals surface area contributed by atoms with Crippen LogP contribution in [0.4, 0.5) is 61.5 Å². The Hall–Kier alpha value is -2.04. The zero-order chi connectivity index (χ0) is 22.2. The van der Waals surface area contributed by atoms with Crippen molar-refractivity contribution in [3.8, 4) is 0 Å². The van der Waals surface area contributed by atoms with E-state index in [4.69, 9.17) is 10.2 Å². The predicted molar refractivity (Wildman–Crippen MR) is 47.2 cm³/mol. The second kappa shape index (κ2) is 6.93. The molecule has 26 heavy (non-hydrogen) atoms. The van der Waals surface area contributed by atoms with E-state index < -0.39 is 48.0 Å². The van der Waals surface area contributed by atoms with Crippen LogP contribution in [-0.2, 0) is 9.59 Å². The van der Waals surface area contributed by atoms with E-state index >= 15 is 0 Å². The number of carboxylic acids is 2. The van der Waals surface area contributed by atoms with Crippen molar-refractivity contribution in [1.29, 1.82) is 0 Å². The first-order valence-corrected chi connectivity index (χ1v) is 5.00. The first-order chi connectivity index (χ1) is 10.9. The zero-order valence-electron chi connectivity index (χ0n) is 11.0. The number of hydrogen-bond acceptors (Lipinski definition) is 2. The Balaban J connectivity index is 0. The largest absolute Gasteiger partial charge is 0.477 e. The first kappa shape index (κ1) is 26.2. The van der Waals surface area contributed by atoms with Crippen LogP contribution in [0.1, 0.15) is 0 Å². The highest BCUT2D eigenvalue weighted by Gasteiger charge is 2.77. The van der Waals surface area contributed by atoms with Gasteiger partial charge in [0.2, 0.25) is 0 Å². The molecular weight excluding hydrogens is 426 g/mol. The van der Waals surface area contributed by atoms with E-state index in [1.165, 1.54) is 0 Å².